The number of benzene rings is 1. The van der Waals surface area contributed by atoms with Gasteiger partial charge in [0.05, 0.1) is 0 Å². The molecule has 0 radical (unpaired) electrons. The molecule has 1 heterocycles. The van der Waals surface area contributed by atoms with E-state index in [2.05, 4.69) is 15.5 Å². The number of carbonyl (C=O) groups excluding carboxylic acids is 1. The molecule has 0 aliphatic rings. The molecule has 5 nitrogen and oxygen atoms in total. The van der Waals surface area contributed by atoms with E-state index in [0.29, 0.717) is 23.2 Å². The molecular formula is C15H18ClN3O2. The third-order valence-electron chi connectivity index (χ3n) is 3.05. The molecule has 1 N–H and O–H groups in total. The molecule has 0 aliphatic heterocycles. The van der Waals surface area contributed by atoms with Crippen LogP contribution in [0.5, 0.6) is 0 Å². The molecule has 0 unspecified atom stereocenters. The van der Waals surface area contributed by atoms with Crippen molar-refractivity contribution in [1.82, 2.24) is 15.5 Å². The van der Waals surface area contributed by atoms with Crippen LogP contribution < -0.4 is 5.32 Å². The summed E-state index contributed by atoms with van der Waals surface area (Å²) in [6.07, 6.45) is 2.38. The summed E-state index contributed by atoms with van der Waals surface area (Å²) in [6, 6.07) is 6.87. The van der Waals surface area contributed by atoms with Crippen LogP contribution in [0.15, 0.2) is 28.8 Å². The Kier molecular flexibility index (Phi) is 5.33. The van der Waals surface area contributed by atoms with Crippen molar-refractivity contribution >= 4 is 17.5 Å². The van der Waals surface area contributed by atoms with E-state index < -0.39 is 0 Å². The minimum atomic E-state index is -0.303. The molecule has 0 bridgehead atoms. The Bertz CT molecular complexity index is 595. The highest BCUT2D eigenvalue weighted by Crippen LogP contribution is 2.20. The molecular weight excluding hydrogens is 290 g/mol. The van der Waals surface area contributed by atoms with Gasteiger partial charge in [0.1, 0.15) is 6.04 Å². The maximum absolute atomic E-state index is 11.7. The van der Waals surface area contributed by atoms with E-state index in [-0.39, 0.29) is 11.9 Å². The van der Waals surface area contributed by atoms with Crippen molar-refractivity contribution in [1.29, 1.82) is 0 Å². The van der Waals surface area contributed by atoms with Crippen molar-refractivity contribution in [2.45, 2.75) is 39.2 Å². The van der Waals surface area contributed by atoms with Crippen molar-refractivity contribution < 1.29 is 9.32 Å². The van der Waals surface area contributed by atoms with Crippen LogP contribution >= 0.6 is 11.6 Å². The van der Waals surface area contributed by atoms with Crippen molar-refractivity contribution in [2.24, 2.45) is 0 Å². The Morgan fingerprint density at radius 1 is 1.38 bits per heavy atom. The van der Waals surface area contributed by atoms with Crippen LogP contribution in [-0.2, 0) is 4.79 Å². The monoisotopic (exact) mass is 307 g/mol. The molecule has 2 aromatic rings. The minimum absolute atomic E-state index is 0.00408. The van der Waals surface area contributed by atoms with Gasteiger partial charge < -0.3 is 9.84 Å². The van der Waals surface area contributed by atoms with Crippen LogP contribution in [0.1, 0.15) is 45.0 Å². The van der Waals surface area contributed by atoms with Gasteiger partial charge in [-0.2, -0.15) is 4.98 Å². The summed E-state index contributed by atoms with van der Waals surface area (Å²) in [6.45, 7) is 3.87. The van der Waals surface area contributed by atoms with Crippen molar-refractivity contribution in [3.8, 4) is 11.4 Å². The lowest BCUT2D eigenvalue weighted by molar-refractivity contribution is -0.122. The van der Waals surface area contributed by atoms with Gasteiger partial charge in [0.15, 0.2) is 0 Å². The first-order valence-corrected chi connectivity index (χ1v) is 7.37. The van der Waals surface area contributed by atoms with Crippen LogP contribution in [0.4, 0.5) is 0 Å². The molecule has 0 saturated carbocycles. The summed E-state index contributed by atoms with van der Waals surface area (Å²) in [5.41, 5.74) is 0.818. The number of aromatic nitrogens is 2. The Hall–Kier alpha value is -1.88. The second-order valence-electron chi connectivity index (χ2n) is 4.86. The lowest BCUT2D eigenvalue weighted by Crippen LogP contribution is -2.26. The Balaban J connectivity index is 2.02. The number of nitrogens with one attached hydrogen (secondary N) is 1. The average Bonchev–Trinajstić information content (AvgIpc) is 2.96. The quantitative estimate of drug-likeness (QED) is 0.882. The molecule has 2 rings (SSSR count). The molecule has 0 spiro atoms. The summed E-state index contributed by atoms with van der Waals surface area (Å²) in [4.78, 5) is 16.0. The number of hydrogen-bond donors (Lipinski definition) is 1. The minimum Gasteiger partial charge on any atom is -0.345 e. The molecule has 0 aliphatic carbocycles. The van der Waals surface area contributed by atoms with Crippen LogP contribution in [0.3, 0.4) is 0 Å². The van der Waals surface area contributed by atoms with Gasteiger partial charge in [-0.25, -0.2) is 0 Å². The maximum Gasteiger partial charge on any atom is 0.249 e. The van der Waals surface area contributed by atoms with E-state index >= 15 is 0 Å². The van der Waals surface area contributed by atoms with Crippen molar-refractivity contribution in [3.05, 3.63) is 35.2 Å². The summed E-state index contributed by atoms with van der Waals surface area (Å²) >= 11 is 5.84. The number of rotatable bonds is 6. The van der Waals surface area contributed by atoms with Crippen molar-refractivity contribution in [3.63, 3.8) is 0 Å². The number of carbonyl (C=O) groups is 1. The average molecular weight is 308 g/mol. The number of nitrogens with zero attached hydrogens (tertiary/aromatic N) is 2. The van der Waals surface area contributed by atoms with E-state index in [1.807, 2.05) is 26.0 Å². The van der Waals surface area contributed by atoms with Crippen LogP contribution in [0, 0.1) is 0 Å². The smallest absolute Gasteiger partial charge is 0.249 e. The van der Waals surface area contributed by atoms with E-state index in [1.165, 1.54) is 0 Å². The highest BCUT2D eigenvalue weighted by molar-refractivity contribution is 6.30. The molecule has 0 fully saturated rings. The van der Waals surface area contributed by atoms with Crippen LogP contribution in [-0.4, -0.2) is 16.0 Å². The number of halogens is 1. The lowest BCUT2D eigenvalue weighted by atomic mass is 10.2. The van der Waals surface area contributed by atoms with Crippen molar-refractivity contribution in [2.75, 3.05) is 0 Å². The third-order valence-corrected chi connectivity index (χ3v) is 3.30. The maximum atomic E-state index is 11.7. The van der Waals surface area contributed by atoms with E-state index in [4.69, 9.17) is 16.1 Å². The normalized spacial score (nSPS) is 12.1. The Morgan fingerprint density at radius 2 is 2.10 bits per heavy atom. The molecule has 6 heteroatoms. The summed E-state index contributed by atoms with van der Waals surface area (Å²) in [5.74, 6) is 0.872. The van der Waals surface area contributed by atoms with Gasteiger partial charge in [0.2, 0.25) is 17.6 Å². The van der Waals surface area contributed by atoms with Gasteiger partial charge in [-0.05, 0) is 37.6 Å². The first-order valence-electron chi connectivity index (χ1n) is 6.99. The second kappa shape index (κ2) is 7.22. The SMILES string of the molecule is CCCCC(=O)N[C@H](C)c1nc(-c2ccc(Cl)cc2)no1. The number of unbranched alkanes of at least 4 members (excludes halogenated alkanes) is 1. The van der Waals surface area contributed by atoms with Gasteiger partial charge in [-0.3, -0.25) is 4.79 Å². The summed E-state index contributed by atoms with van der Waals surface area (Å²) in [7, 11) is 0. The molecule has 0 saturated heterocycles. The molecule has 1 aromatic heterocycles. The largest absolute Gasteiger partial charge is 0.345 e. The van der Waals surface area contributed by atoms with Gasteiger partial charge in [-0.15, -0.1) is 0 Å². The molecule has 1 amide bonds. The van der Waals surface area contributed by atoms with E-state index in [1.54, 1.807) is 12.1 Å². The fourth-order valence-corrected chi connectivity index (χ4v) is 1.97. The third kappa shape index (κ3) is 4.29. The van der Waals surface area contributed by atoms with Gasteiger partial charge in [0, 0.05) is 17.0 Å². The highest BCUT2D eigenvalue weighted by atomic mass is 35.5. The zero-order valence-corrected chi connectivity index (χ0v) is 12.9. The first-order chi connectivity index (χ1) is 10.1. The van der Waals surface area contributed by atoms with Crippen LogP contribution in [0.25, 0.3) is 11.4 Å². The van der Waals surface area contributed by atoms with Gasteiger partial charge in [0.25, 0.3) is 0 Å². The van der Waals surface area contributed by atoms with Gasteiger partial charge >= 0.3 is 0 Å². The summed E-state index contributed by atoms with van der Waals surface area (Å²) in [5, 5.41) is 7.43. The Labute approximate surface area is 128 Å². The van der Waals surface area contributed by atoms with Gasteiger partial charge in [-0.1, -0.05) is 30.1 Å². The molecule has 1 atom stereocenters. The standard InChI is InChI=1S/C15H18ClN3O2/c1-3-4-5-13(20)17-10(2)15-18-14(19-21-15)11-6-8-12(16)9-7-11/h6-10H,3-5H2,1-2H3,(H,17,20)/t10-/m1/s1. The van der Waals surface area contributed by atoms with Crippen LogP contribution in [0.2, 0.25) is 5.02 Å². The molecule has 21 heavy (non-hydrogen) atoms. The predicted octanol–water partition coefficient (Wildman–Crippen LogP) is 3.76. The highest BCUT2D eigenvalue weighted by Gasteiger charge is 2.17. The first kappa shape index (κ1) is 15.5. The molecule has 1 aromatic carbocycles. The number of amides is 1. The van der Waals surface area contributed by atoms with E-state index in [9.17, 15) is 4.79 Å². The fourth-order valence-electron chi connectivity index (χ4n) is 1.84. The number of hydrogen-bond acceptors (Lipinski definition) is 4. The van der Waals surface area contributed by atoms with E-state index in [0.717, 1.165) is 18.4 Å². The summed E-state index contributed by atoms with van der Waals surface area (Å²) < 4.78 is 5.21. The lowest BCUT2D eigenvalue weighted by Gasteiger charge is -2.08. The zero-order valence-electron chi connectivity index (χ0n) is 12.1. The predicted molar refractivity (Wildman–Crippen MR) is 80.8 cm³/mol. The topological polar surface area (TPSA) is 68.0 Å². The Morgan fingerprint density at radius 3 is 2.76 bits per heavy atom. The zero-order chi connectivity index (χ0) is 15.2. The molecule has 112 valence electrons. The second-order valence-corrected chi connectivity index (χ2v) is 5.29. The fraction of sp³-hybridized carbons (Fsp3) is 0.400.